The van der Waals surface area contributed by atoms with E-state index in [1.165, 1.54) is 4.90 Å². The van der Waals surface area contributed by atoms with Crippen molar-refractivity contribution in [2.45, 2.75) is 52.7 Å². The number of carbonyl (C=O) groups excluding carboxylic acids is 2. The molecule has 2 aromatic rings. The van der Waals surface area contributed by atoms with Gasteiger partial charge in [-0.15, -0.1) is 0 Å². The van der Waals surface area contributed by atoms with E-state index in [1.54, 1.807) is 50.4 Å². The van der Waals surface area contributed by atoms with Gasteiger partial charge in [0.15, 0.2) is 0 Å². The molecule has 0 aliphatic heterocycles. The molecule has 1 N–H and O–H groups in total. The average Bonchev–Trinajstić information content (AvgIpc) is 2.79. The summed E-state index contributed by atoms with van der Waals surface area (Å²) in [6, 6.07) is 13.3. The smallest absolute Gasteiger partial charge is 0.244 e. The Morgan fingerprint density at radius 3 is 2.35 bits per heavy atom. The van der Waals surface area contributed by atoms with Crippen molar-refractivity contribution >= 4 is 27.5 Å². The molecule has 9 heteroatoms. The molecule has 0 spiro atoms. The van der Waals surface area contributed by atoms with Crippen molar-refractivity contribution in [1.82, 2.24) is 10.2 Å². The fourth-order valence-electron chi connectivity index (χ4n) is 3.41. The Bertz CT molecular complexity index is 1100. The second-order valence-electron chi connectivity index (χ2n) is 8.48. The summed E-state index contributed by atoms with van der Waals surface area (Å²) >= 11 is 0. The maximum absolute atomic E-state index is 13.5. The van der Waals surface area contributed by atoms with Crippen LogP contribution in [0.4, 0.5) is 5.69 Å². The van der Waals surface area contributed by atoms with Crippen LogP contribution in [0.25, 0.3) is 0 Å². The minimum absolute atomic E-state index is 0.0523. The molecule has 0 bridgehead atoms. The summed E-state index contributed by atoms with van der Waals surface area (Å²) in [4.78, 5) is 27.8. The predicted molar refractivity (Wildman–Crippen MR) is 134 cm³/mol. The number of anilines is 1. The van der Waals surface area contributed by atoms with Gasteiger partial charge in [-0.25, -0.2) is 8.42 Å². The third-order valence-electron chi connectivity index (χ3n) is 5.62. The molecule has 8 nitrogen and oxygen atoms in total. The number of nitrogens with one attached hydrogen (secondary N) is 1. The number of hydrogen-bond donors (Lipinski definition) is 1. The Labute approximate surface area is 202 Å². The standard InChI is InChI=1S/C25H35N3O5S/c1-7-19(3)26-25(30)20(4)27(16-21-11-9-13-23(15-21)33-5)24(29)17-28(34(6,31)32)22-12-8-10-18(2)14-22/h8-15,19-20H,7,16-17H2,1-6H3,(H,26,30). The van der Waals surface area contributed by atoms with Crippen molar-refractivity contribution < 1.29 is 22.7 Å². The molecule has 0 saturated heterocycles. The Morgan fingerprint density at radius 2 is 1.76 bits per heavy atom. The van der Waals surface area contributed by atoms with Gasteiger partial charge in [-0.05, 0) is 62.6 Å². The first kappa shape index (κ1) is 27.2. The number of amides is 2. The molecule has 2 atom stereocenters. The number of nitrogens with zero attached hydrogens (tertiary/aromatic N) is 2. The second-order valence-corrected chi connectivity index (χ2v) is 10.4. The number of hydrogen-bond acceptors (Lipinski definition) is 5. The summed E-state index contributed by atoms with van der Waals surface area (Å²) in [5.41, 5.74) is 2.03. The van der Waals surface area contributed by atoms with E-state index in [0.717, 1.165) is 28.1 Å². The van der Waals surface area contributed by atoms with E-state index in [4.69, 9.17) is 4.74 Å². The van der Waals surface area contributed by atoms with Gasteiger partial charge >= 0.3 is 0 Å². The molecule has 0 fully saturated rings. The van der Waals surface area contributed by atoms with Crippen LogP contribution in [0.5, 0.6) is 5.75 Å². The van der Waals surface area contributed by atoms with Crippen molar-refractivity contribution in [3.05, 3.63) is 59.7 Å². The Morgan fingerprint density at radius 1 is 1.09 bits per heavy atom. The topological polar surface area (TPSA) is 96.0 Å². The van der Waals surface area contributed by atoms with Crippen LogP contribution in [0, 0.1) is 6.92 Å². The predicted octanol–water partition coefficient (Wildman–Crippen LogP) is 3.10. The van der Waals surface area contributed by atoms with Crippen LogP contribution < -0.4 is 14.4 Å². The van der Waals surface area contributed by atoms with Crippen LogP contribution >= 0.6 is 0 Å². The van der Waals surface area contributed by atoms with Gasteiger partial charge in [0.1, 0.15) is 18.3 Å². The Balaban J connectivity index is 2.40. The Kier molecular flexibility index (Phi) is 9.49. The van der Waals surface area contributed by atoms with Gasteiger partial charge in [0.25, 0.3) is 0 Å². The number of sulfonamides is 1. The molecule has 0 saturated carbocycles. The number of benzene rings is 2. The van der Waals surface area contributed by atoms with Crippen molar-refractivity contribution in [1.29, 1.82) is 0 Å². The molecular weight excluding hydrogens is 454 g/mol. The maximum atomic E-state index is 13.5. The lowest BCUT2D eigenvalue weighted by molar-refractivity contribution is -0.139. The zero-order valence-corrected chi connectivity index (χ0v) is 21.6. The van der Waals surface area contributed by atoms with Gasteiger partial charge in [0.2, 0.25) is 21.8 Å². The van der Waals surface area contributed by atoms with Crippen LogP contribution in [0.3, 0.4) is 0 Å². The van der Waals surface area contributed by atoms with Crippen LogP contribution in [-0.4, -0.2) is 57.1 Å². The lowest BCUT2D eigenvalue weighted by atomic mass is 10.1. The van der Waals surface area contributed by atoms with Crippen LogP contribution in [-0.2, 0) is 26.2 Å². The van der Waals surface area contributed by atoms with Gasteiger partial charge in [0, 0.05) is 12.6 Å². The van der Waals surface area contributed by atoms with E-state index in [1.807, 2.05) is 32.9 Å². The maximum Gasteiger partial charge on any atom is 0.244 e. The van der Waals surface area contributed by atoms with E-state index in [2.05, 4.69) is 5.32 Å². The number of methoxy groups -OCH3 is 1. The summed E-state index contributed by atoms with van der Waals surface area (Å²) in [7, 11) is -2.20. The highest BCUT2D eigenvalue weighted by molar-refractivity contribution is 7.92. The lowest BCUT2D eigenvalue weighted by Crippen LogP contribution is -2.52. The molecule has 0 aliphatic carbocycles. The highest BCUT2D eigenvalue weighted by Gasteiger charge is 2.30. The van der Waals surface area contributed by atoms with E-state index in [0.29, 0.717) is 11.4 Å². The first-order chi connectivity index (χ1) is 16.0. The van der Waals surface area contributed by atoms with Crippen molar-refractivity contribution in [2.75, 3.05) is 24.2 Å². The molecule has 2 amide bonds. The van der Waals surface area contributed by atoms with Gasteiger partial charge in [0.05, 0.1) is 19.1 Å². The molecule has 34 heavy (non-hydrogen) atoms. The fourth-order valence-corrected chi connectivity index (χ4v) is 4.25. The molecule has 2 rings (SSSR count). The van der Waals surface area contributed by atoms with Crippen LogP contribution in [0.1, 0.15) is 38.3 Å². The number of rotatable bonds is 11. The zero-order valence-electron chi connectivity index (χ0n) is 20.7. The summed E-state index contributed by atoms with van der Waals surface area (Å²) in [6.07, 6.45) is 1.81. The first-order valence-electron chi connectivity index (χ1n) is 11.2. The molecular formula is C25H35N3O5S. The quantitative estimate of drug-likeness (QED) is 0.523. The lowest BCUT2D eigenvalue weighted by Gasteiger charge is -2.32. The minimum Gasteiger partial charge on any atom is -0.497 e. The molecule has 0 radical (unpaired) electrons. The van der Waals surface area contributed by atoms with Crippen molar-refractivity contribution in [2.24, 2.45) is 0 Å². The van der Waals surface area contributed by atoms with Gasteiger partial charge in [-0.3, -0.25) is 13.9 Å². The molecule has 186 valence electrons. The highest BCUT2D eigenvalue weighted by atomic mass is 32.2. The van der Waals surface area contributed by atoms with Gasteiger partial charge in [-0.2, -0.15) is 0 Å². The first-order valence-corrected chi connectivity index (χ1v) is 13.1. The summed E-state index contributed by atoms with van der Waals surface area (Å²) < 4.78 is 31.5. The summed E-state index contributed by atoms with van der Waals surface area (Å²) in [5, 5.41) is 2.91. The SMILES string of the molecule is CCC(C)NC(=O)C(C)N(Cc1cccc(OC)c1)C(=O)CN(c1cccc(C)c1)S(C)(=O)=O. The molecule has 0 heterocycles. The van der Waals surface area contributed by atoms with Crippen molar-refractivity contribution in [3.8, 4) is 5.75 Å². The fraction of sp³-hybridized carbons (Fsp3) is 0.440. The van der Waals surface area contributed by atoms with Gasteiger partial charge in [-0.1, -0.05) is 31.2 Å². The summed E-state index contributed by atoms with van der Waals surface area (Å²) in [6.45, 7) is 7.04. The molecule has 2 unspecified atom stereocenters. The Hall–Kier alpha value is -3.07. The second kappa shape index (κ2) is 11.9. The third kappa shape index (κ3) is 7.48. The van der Waals surface area contributed by atoms with E-state index >= 15 is 0 Å². The van der Waals surface area contributed by atoms with E-state index in [-0.39, 0.29) is 18.5 Å². The number of aryl methyl sites for hydroxylation is 1. The van der Waals surface area contributed by atoms with Crippen LogP contribution in [0.15, 0.2) is 48.5 Å². The van der Waals surface area contributed by atoms with Gasteiger partial charge < -0.3 is 15.0 Å². The molecule has 0 aromatic heterocycles. The zero-order chi connectivity index (χ0) is 25.5. The molecule has 0 aliphatic rings. The summed E-state index contributed by atoms with van der Waals surface area (Å²) in [5.74, 6) is -0.159. The average molecular weight is 490 g/mol. The van der Waals surface area contributed by atoms with E-state index < -0.39 is 28.5 Å². The van der Waals surface area contributed by atoms with Crippen molar-refractivity contribution in [3.63, 3.8) is 0 Å². The monoisotopic (exact) mass is 489 g/mol. The highest BCUT2D eigenvalue weighted by Crippen LogP contribution is 2.21. The normalized spacial score (nSPS) is 13.0. The number of ether oxygens (including phenoxy) is 1. The van der Waals surface area contributed by atoms with Crippen LogP contribution in [0.2, 0.25) is 0 Å². The van der Waals surface area contributed by atoms with E-state index in [9.17, 15) is 18.0 Å². The number of carbonyl (C=O) groups is 2. The molecule has 2 aromatic carbocycles. The minimum atomic E-state index is -3.75. The largest absolute Gasteiger partial charge is 0.497 e. The third-order valence-corrected chi connectivity index (χ3v) is 6.76.